The van der Waals surface area contributed by atoms with Crippen molar-refractivity contribution >= 4 is 40.9 Å². The Bertz CT molecular complexity index is 1020. The minimum Gasteiger partial charge on any atom is -0.465 e. The number of benzene rings is 2. The maximum atomic E-state index is 12.4. The number of aromatic nitrogens is 3. The van der Waals surface area contributed by atoms with Gasteiger partial charge in [-0.1, -0.05) is 53.7 Å². The van der Waals surface area contributed by atoms with E-state index >= 15 is 0 Å². The molecule has 0 aliphatic heterocycles. The molecule has 0 saturated carbocycles. The summed E-state index contributed by atoms with van der Waals surface area (Å²) in [6.45, 7) is 2.68. The van der Waals surface area contributed by atoms with E-state index in [4.69, 9.17) is 11.6 Å². The van der Waals surface area contributed by atoms with Gasteiger partial charge in [-0.3, -0.25) is 4.79 Å². The number of rotatable bonds is 7. The van der Waals surface area contributed by atoms with E-state index in [0.29, 0.717) is 17.4 Å². The zero-order chi connectivity index (χ0) is 20.8. The lowest BCUT2D eigenvalue weighted by molar-refractivity contribution is -0.113. The van der Waals surface area contributed by atoms with Crippen molar-refractivity contribution in [2.24, 2.45) is 0 Å². The fourth-order valence-corrected chi connectivity index (χ4v) is 3.67. The Kier molecular flexibility index (Phi) is 6.90. The highest BCUT2D eigenvalue weighted by Gasteiger charge is 2.16. The van der Waals surface area contributed by atoms with Gasteiger partial charge in [-0.2, -0.15) is 0 Å². The van der Waals surface area contributed by atoms with Gasteiger partial charge in [-0.25, -0.2) is 4.79 Å². The van der Waals surface area contributed by atoms with E-state index in [-0.39, 0.29) is 22.2 Å². The van der Waals surface area contributed by atoms with Crippen LogP contribution >= 0.6 is 23.4 Å². The van der Waals surface area contributed by atoms with Crippen LogP contribution < -0.4 is 5.32 Å². The Morgan fingerprint density at radius 1 is 1.17 bits per heavy atom. The molecular weight excluding hydrogens is 412 g/mol. The van der Waals surface area contributed by atoms with Gasteiger partial charge in [0.1, 0.15) is 0 Å². The second-order valence-corrected chi connectivity index (χ2v) is 7.29. The van der Waals surface area contributed by atoms with E-state index in [0.717, 1.165) is 11.4 Å². The van der Waals surface area contributed by atoms with E-state index in [2.05, 4.69) is 20.3 Å². The molecule has 3 aromatic rings. The van der Waals surface area contributed by atoms with Crippen LogP contribution in [0.2, 0.25) is 5.02 Å². The van der Waals surface area contributed by atoms with Gasteiger partial charge in [0, 0.05) is 17.8 Å². The minimum absolute atomic E-state index is 0.142. The Hall–Kier alpha value is -2.84. The molecule has 0 aliphatic rings. The second-order valence-electron chi connectivity index (χ2n) is 5.94. The number of nitrogens with zero attached hydrogens (tertiary/aromatic N) is 3. The number of thioether (sulfide) groups is 1. The van der Waals surface area contributed by atoms with Crippen LogP contribution in [0.1, 0.15) is 17.3 Å². The summed E-state index contributed by atoms with van der Waals surface area (Å²) in [5, 5.41) is 12.2. The number of nitrogens with one attached hydrogen (secondary N) is 1. The van der Waals surface area contributed by atoms with E-state index in [1.165, 1.54) is 31.0 Å². The summed E-state index contributed by atoms with van der Waals surface area (Å²) in [6, 6.07) is 14.4. The van der Waals surface area contributed by atoms with Gasteiger partial charge in [0.25, 0.3) is 0 Å². The summed E-state index contributed by atoms with van der Waals surface area (Å²) < 4.78 is 6.65. The highest BCUT2D eigenvalue weighted by atomic mass is 35.5. The smallest absolute Gasteiger partial charge is 0.339 e. The zero-order valence-electron chi connectivity index (χ0n) is 15.9. The van der Waals surface area contributed by atoms with Gasteiger partial charge < -0.3 is 14.6 Å². The SMILES string of the molecule is CCn1c(SCC(=O)Nc2ccc(Cl)c(C(=O)OC)c2)nnc1-c1ccccc1. The monoisotopic (exact) mass is 430 g/mol. The lowest BCUT2D eigenvalue weighted by Gasteiger charge is -2.09. The number of ether oxygens (including phenoxy) is 1. The maximum Gasteiger partial charge on any atom is 0.339 e. The number of halogens is 1. The zero-order valence-corrected chi connectivity index (χ0v) is 17.5. The lowest BCUT2D eigenvalue weighted by Crippen LogP contribution is -2.15. The number of hydrogen-bond donors (Lipinski definition) is 1. The molecule has 29 heavy (non-hydrogen) atoms. The molecule has 1 amide bonds. The molecule has 0 radical (unpaired) electrons. The highest BCUT2D eigenvalue weighted by Crippen LogP contribution is 2.25. The fourth-order valence-electron chi connectivity index (χ4n) is 2.68. The molecule has 0 saturated heterocycles. The number of esters is 1. The van der Waals surface area contributed by atoms with Crippen LogP contribution in [0.5, 0.6) is 0 Å². The Labute approximate surface area is 177 Å². The van der Waals surface area contributed by atoms with Crippen LogP contribution in [0.25, 0.3) is 11.4 Å². The maximum absolute atomic E-state index is 12.4. The Balaban J connectivity index is 1.67. The first-order valence-electron chi connectivity index (χ1n) is 8.82. The van der Waals surface area contributed by atoms with E-state index in [1.807, 2.05) is 41.8 Å². The molecule has 1 heterocycles. The lowest BCUT2D eigenvalue weighted by atomic mass is 10.2. The summed E-state index contributed by atoms with van der Waals surface area (Å²) in [5.41, 5.74) is 1.62. The highest BCUT2D eigenvalue weighted by molar-refractivity contribution is 7.99. The van der Waals surface area contributed by atoms with E-state index < -0.39 is 5.97 Å². The molecule has 0 fully saturated rings. The van der Waals surface area contributed by atoms with Crippen molar-refractivity contribution in [3.8, 4) is 11.4 Å². The summed E-state index contributed by atoms with van der Waals surface area (Å²) in [4.78, 5) is 24.1. The summed E-state index contributed by atoms with van der Waals surface area (Å²) in [6.07, 6.45) is 0. The number of anilines is 1. The topological polar surface area (TPSA) is 86.1 Å². The van der Waals surface area contributed by atoms with Gasteiger partial charge in [0.05, 0.1) is 23.4 Å². The van der Waals surface area contributed by atoms with Crippen LogP contribution in [0, 0.1) is 0 Å². The predicted molar refractivity (Wildman–Crippen MR) is 113 cm³/mol. The van der Waals surface area contributed by atoms with E-state index in [1.54, 1.807) is 6.07 Å². The predicted octanol–water partition coefficient (Wildman–Crippen LogP) is 4.14. The van der Waals surface area contributed by atoms with Gasteiger partial charge in [-0.05, 0) is 25.1 Å². The Morgan fingerprint density at radius 2 is 1.93 bits per heavy atom. The first-order chi connectivity index (χ1) is 14.0. The van der Waals surface area contributed by atoms with Gasteiger partial charge >= 0.3 is 5.97 Å². The normalized spacial score (nSPS) is 10.6. The molecule has 0 unspecified atom stereocenters. The molecule has 0 spiro atoms. The minimum atomic E-state index is -0.565. The van der Waals surface area contributed by atoms with Crippen LogP contribution in [0.15, 0.2) is 53.7 Å². The van der Waals surface area contributed by atoms with Gasteiger partial charge in [0.2, 0.25) is 5.91 Å². The number of carbonyl (C=O) groups is 2. The molecule has 0 atom stereocenters. The molecule has 1 aromatic heterocycles. The van der Waals surface area contributed by atoms with Crippen molar-refractivity contribution in [2.75, 3.05) is 18.2 Å². The number of amides is 1. The van der Waals surface area contributed by atoms with Crippen molar-refractivity contribution in [2.45, 2.75) is 18.6 Å². The standard InChI is InChI=1S/C20H19ClN4O3S/c1-3-25-18(13-7-5-4-6-8-13)23-24-20(25)29-12-17(26)22-14-9-10-16(21)15(11-14)19(27)28-2/h4-11H,3,12H2,1-2H3,(H,22,26). The quantitative estimate of drug-likeness (QED) is 0.448. The average molecular weight is 431 g/mol. The molecule has 7 nitrogen and oxygen atoms in total. The molecule has 9 heteroatoms. The third-order valence-corrected chi connectivity index (χ3v) is 5.35. The van der Waals surface area contributed by atoms with Crippen LogP contribution in [0.3, 0.4) is 0 Å². The number of hydrogen-bond acceptors (Lipinski definition) is 6. The summed E-state index contributed by atoms with van der Waals surface area (Å²) in [5.74, 6) is 0.102. The third-order valence-electron chi connectivity index (χ3n) is 4.05. The van der Waals surface area contributed by atoms with Gasteiger partial charge in [0.15, 0.2) is 11.0 Å². The van der Waals surface area contributed by atoms with Crippen molar-refractivity contribution in [1.82, 2.24) is 14.8 Å². The van der Waals surface area contributed by atoms with Crippen molar-refractivity contribution in [3.63, 3.8) is 0 Å². The molecule has 1 N–H and O–H groups in total. The Morgan fingerprint density at radius 3 is 2.62 bits per heavy atom. The third kappa shape index (κ3) is 4.96. The van der Waals surface area contributed by atoms with E-state index in [9.17, 15) is 9.59 Å². The molecule has 0 bridgehead atoms. The summed E-state index contributed by atoms with van der Waals surface area (Å²) in [7, 11) is 1.27. The van der Waals surface area contributed by atoms with Crippen molar-refractivity contribution < 1.29 is 14.3 Å². The molecular formula is C20H19ClN4O3S. The second kappa shape index (κ2) is 9.58. The first kappa shape index (κ1) is 20.9. The van der Waals surface area contributed by atoms with Crippen LogP contribution in [-0.4, -0.2) is 39.5 Å². The largest absolute Gasteiger partial charge is 0.465 e. The molecule has 2 aromatic carbocycles. The van der Waals surface area contributed by atoms with Gasteiger partial charge in [-0.15, -0.1) is 10.2 Å². The molecule has 150 valence electrons. The average Bonchev–Trinajstić information content (AvgIpc) is 3.16. The molecule has 3 rings (SSSR count). The van der Waals surface area contributed by atoms with Crippen molar-refractivity contribution in [1.29, 1.82) is 0 Å². The molecule has 0 aliphatic carbocycles. The number of methoxy groups -OCH3 is 1. The van der Waals surface area contributed by atoms with Crippen LogP contribution in [0.4, 0.5) is 5.69 Å². The first-order valence-corrected chi connectivity index (χ1v) is 10.2. The van der Waals surface area contributed by atoms with Crippen LogP contribution in [-0.2, 0) is 16.1 Å². The number of carbonyl (C=O) groups excluding carboxylic acids is 2. The fraction of sp³-hybridized carbons (Fsp3) is 0.200. The summed E-state index contributed by atoms with van der Waals surface area (Å²) >= 11 is 7.29. The van der Waals surface area contributed by atoms with Crippen molar-refractivity contribution in [3.05, 3.63) is 59.1 Å².